The number of carbonyl (C=O) groups is 1. The minimum absolute atomic E-state index is 0.115. The van der Waals surface area contributed by atoms with Gasteiger partial charge in [-0.15, -0.1) is 0 Å². The number of nitrogens with zero attached hydrogens (tertiary/aromatic N) is 1. The molecule has 0 fully saturated rings. The first-order chi connectivity index (χ1) is 10.5. The number of pyridine rings is 1. The van der Waals surface area contributed by atoms with Crippen LogP contribution in [0.1, 0.15) is 42.7 Å². The van der Waals surface area contributed by atoms with Crippen LogP contribution in [0.15, 0.2) is 42.6 Å². The Morgan fingerprint density at radius 1 is 1.14 bits per heavy atom. The third-order valence-electron chi connectivity index (χ3n) is 3.09. The van der Waals surface area contributed by atoms with Gasteiger partial charge in [0.1, 0.15) is 10.9 Å². The largest absolute Gasteiger partial charge is 0.491 e. The summed E-state index contributed by atoms with van der Waals surface area (Å²) in [7, 11) is 0. The molecular weight excluding hydrogens is 300 g/mol. The molecule has 1 unspecified atom stereocenters. The predicted molar refractivity (Wildman–Crippen MR) is 87.3 cm³/mol. The standard InChI is InChI=1S/C17H19ClN2O2/c1-11(2)22-15-7-4-13(5-8-15)12(3)20-17(21)14-6-9-16(18)19-10-14/h4-12H,1-3H3,(H,20,21). The van der Waals surface area contributed by atoms with Gasteiger partial charge >= 0.3 is 0 Å². The van der Waals surface area contributed by atoms with Crippen LogP contribution in [0.4, 0.5) is 0 Å². The highest BCUT2D eigenvalue weighted by Gasteiger charge is 2.12. The molecule has 1 atom stereocenters. The Kier molecular flexibility index (Phi) is 5.39. The van der Waals surface area contributed by atoms with E-state index < -0.39 is 0 Å². The van der Waals surface area contributed by atoms with E-state index in [0.717, 1.165) is 11.3 Å². The average Bonchev–Trinajstić information content (AvgIpc) is 2.48. The topological polar surface area (TPSA) is 51.2 Å². The highest BCUT2D eigenvalue weighted by molar-refractivity contribution is 6.29. The van der Waals surface area contributed by atoms with Gasteiger partial charge in [0.2, 0.25) is 0 Å². The molecule has 0 bridgehead atoms. The zero-order chi connectivity index (χ0) is 16.1. The first-order valence-corrected chi connectivity index (χ1v) is 7.52. The molecule has 1 aromatic heterocycles. The smallest absolute Gasteiger partial charge is 0.253 e. The third kappa shape index (κ3) is 4.46. The summed E-state index contributed by atoms with van der Waals surface area (Å²) in [6.45, 7) is 5.90. The van der Waals surface area contributed by atoms with Crippen LogP contribution < -0.4 is 10.1 Å². The number of rotatable bonds is 5. The number of benzene rings is 1. The molecule has 116 valence electrons. The summed E-state index contributed by atoms with van der Waals surface area (Å²) >= 11 is 5.71. The van der Waals surface area contributed by atoms with Crippen LogP contribution >= 0.6 is 11.6 Å². The van der Waals surface area contributed by atoms with Crippen LogP contribution in [-0.4, -0.2) is 17.0 Å². The van der Waals surface area contributed by atoms with Crippen molar-refractivity contribution in [1.82, 2.24) is 10.3 Å². The van der Waals surface area contributed by atoms with Crippen molar-refractivity contribution in [3.63, 3.8) is 0 Å². The fraction of sp³-hybridized carbons (Fsp3) is 0.294. The highest BCUT2D eigenvalue weighted by Crippen LogP contribution is 2.19. The number of aromatic nitrogens is 1. The molecule has 5 heteroatoms. The second-order valence-corrected chi connectivity index (χ2v) is 5.69. The van der Waals surface area contributed by atoms with Crippen LogP contribution in [0, 0.1) is 0 Å². The summed E-state index contributed by atoms with van der Waals surface area (Å²) in [5, 5.41) is 3.30. The number of amides is 1. The van der Waals surface area contributed by atoms with Crippen molar-refractivity contribution in [3.05, 3.63) is 58.9 Å². The van der Waals surface area contributed by atoms with Gasteiger partial charge in [-0.25, -0.2) is 4.98 Å². The van der Waals surface area contributed by atoms with Gasteiger partial charge in [-0.1, -0.05) is 23.7 Å². The lowest BCUT2D eigenvalue weighted by atomic mass is 10.1. The maximum absolute atomic E-state index is 12.1. The van der Waals surface area contributed by atoms with Crippen molar-refractivity contribution in [1.29, 1.82) is 0 Å². The molecule has 0 spiro atoms. The van der Waals surface area contributed by atoms with E-state index in [9.17, 15) is 4.79 Å². The number of hydrogen-bond donors (Lipinski definition) is 1. The second kappa shape index (κ2) is 7.27. The van der Waals surface area contributed by atoms with Gasteiger partial charge < -0.3 is 10.1 Å². The lowest BCUT2D eigenvalue weighted by Gasteiger charge is -2.15. The van der Waals surface area contributed by atoms with E-state index in [1.54, 1.807) is 12.1 Å². The minimum Gasteiger partial charge on any atom is -0.491 e. The van der Waals surface area contributed by atoms with E-state index in [0.29, 0.717) is 10.7 Å². The molecule has 0 saturated carbocycles. The number of halogens is 1. The Morgan fingerprint density at radius 3 is 2.36 bits per heavy atom. The molecule has 22 heavy (non-hydrogen) atoms. The van der Waals surface area contributed by atoms with E-state index in [-0.39, 0.29) is 18.1 Å². The molecule has 0 aliphatic rings. The summed E-state index contributed by atoms with van der Waals surface area (Å²) in [5.74, 6) is 0.637. The van der Waals surface area contributed by atoms with Gasteiger partial charge in [-0.3, -0.25) is 4.79 Å². The molecule has 2 aromatic rings. The summed E-state index contributed by atoms with van der Waals surface area (Å²) < 4.78 is 5.60. The molecule has 0 aliphatic carbocycles. The molecule has 2 rings (SSSR count). The first-order valence-electron chi connectivity index (χ1n) is 7.14. The van der Waals surface area contributed by atoms with Crippen molar-refractivity contribution in [2.24, 2.45) is 0 Å². The Bertz CT molecular complexity index is 624. The average molecular weight is 319 g/mol. The predicted octanol–water partition coefficient (Wildman–Crippen LogP) is 4.01. The van der Waals surface area contributed by atoms with E-state index in [1.807, 2.05) is 45.0 Å². The van der Waals surface area contributed by atoms with Crippen molar-refractivity contribution < 1.29 is 9.53 Å². The molecule has 0 radical (unpaired) electrons. The minimum atomic E-state index is -0.181. The number of hydrogen-bond acceptors (Lipinski definition) is 3. The Hall–Kier alpha value is -2.07. The molecule has 0 saturated heterocycles. The molecule has 4 nitrogen and oxygen atoms in total. The van der Waals surface area contributed by atoms with Crippen LogP contribution in [0.2, 0.25) is 5.15 Å². The number of nitrogens with one attached hydrogen (secondary N) is 1. The lowest BCUT2D eigenvalue weighted by molar-refractivity contribution is 0.0939. The van der Waals surface area contributed by atoms with Gasteiger partial charge in [0.05, 0.1) is 17.7 Å². The molecule has 0 aliphatic heterocycles. The number of carbonyl (C=O) groups excluding carboxylic acids is 1. The Labute approximate surface area is 135 Å². The summed E-state index contributed by atoms with van der Waals surface area (Å²) in [6.07, 6.45) is 1.60. The van der Waals surface area contributed by atoms with Crippen LogP contribution in [0.5, 0.6) is 5.75 Å². The summed E-state index contributed by atoms with van der Waals surface area (Å²) in [6, 6.07) is 10.8. The van der Waals surface area contributed by atoms with Crippen molar-refractivity contribution in [3.8, 4) is 5.75 Å². The Morgan fingerprint density at radius 2 is 1.82 bits per heavy atom. The van der Waals surface area contributed by atoms with Gasteiger partial charge in [0.25, 0.3) is 5.91 Å². The van der Waals surface area contributed by atoms with E-state index >= 15 is 0 Å². The maximum atomic E-state index is 12.1. The summed E-state index contributed by atoms with van der Waals surface area (Å²) in [5.41, 5.74) is 1.49. The Balaban J connectivity index is 2.00. The van der Waals surface area contributed by atoms with Crippen LogP contribution in [0.3, 0.4) is 0 Å². The molecule has 1 N–H and O–H groups in total. The fourth-order valence-corrected chi connectivity index (χ4v) is 2.09. The molecule has 1 amide bonds. The lowest BCUT2D eigenvalue weighted by Crippen LogP contribution is -2.26. The van der Waals surface area contributed by atoms with E-state index in [1.165, 1.54) is 6.20 Å². The SMILES string of the molecule is CC(C)Oc1ccc(C(C)NC(=O)c2ccc(Cl)nc2)cc1. The molecule has 1 aromatic carbocycles. The van der Waals surface area contributed by atoms with Crippen molar-refractivity contribution in [2.45, 2.75) is 32.9 Å². The zero-order valence-corrected chi connectivity index (χ0v) is 13.6. The van der Waals surface area contributed by atoms with Gasteiger partial charge in [-0.2, -0.15) is 0 Å². The highest BCUT2D eigenvalue weighted by atomic mass is 35.5. The van der Waals surface area contributed by atoms with E-state index in [2.05, 4.69) is 10.3 Å². The third-order valence-corrected chi connectivity index (χ3v) is 3.31. The van der Waals surface area contributed by atoms with E-state index in [4.69, 9.17) is 16.3 Å². The second-order valence-electron chi connectivity index (χ2n) is 5.30. The van der Waals surface area contributed by atoms with Crippen molar-refractivity contribution in [2.75, 3.05) is 0 Å². The maximum Gasteiger partial charge on any atom is 0.253 e. The summed E-state index contributed by atoms with van der Waals surface area (Å²) in [4.78, 5) is 16.0. The van der Waals surface area contributed by atoms with Crippen molar-refractivity contribution >= 4 is 17.5 Å². The van der Waals surface area contributed by atoms with Gasteiger partial charge in [0.15, 0.2) is 0 Å². The molecule has 1 heterocycles. The zero-order valence-electron chi connectivity index (χ0n) is 12.8. The normalized spacial score (nSPS) is 12.0. The van der Waals surface area contributed by atoms with Crippen LogP contribution in [0.25, 0.3) is 0 Å². The quantitative estimate of drug-likeness (QED) is 0.847. The van der Waals surface area contributed by atoms with Gasteiger partial charge in [0, 0.05) is 6.20 Å². The van der Waals surface area contributed by atoms with Crippen LogP contribution in [-0.2, 0) is 0 Å². The molecular formula is C17H19ClN2O2. The first kappa shape index (κ1) is 16.3. The number of ether oxygens (including phenoxy) is 1. The van der Waals surface area contributed by atoms with Gasteiger partial charge in [-0.05, 0) is 50.6 Å². The fourth-order valence-electron chi connectivity index (χ4n) is 1.98. The monoisotopic (exact) mass is 318 g/mol.